The molecule has 19 heavy (non-hydrogen) atoms. The smallest absolute Gasteiger partial charge is 0.298 e. The molecule has 1 fully saturated rings. The first-order chi connectivity index (χ1) is 8.99. The van der Waals surface area contributed by atoms with Gasteiger partial charge in [-0.2, -0.15) is 0 Å². The molecular weight excluding hydrogens is 254 g/mol. The van der Waals surface area contributed by atoms with Crippen molar-refractivity contribution in [3.63, 3.8) is 0 Å². The Hall–Kier alpha value is -1.72. The quantitative estimate of drug-likeness (QED) is 0.670. The summed E-state index contributed by atoms with van der Waals surface area (Å²) in [6, 6.07) is 1.41. The Bertz CT molecular complexity index is 494. The molecule has 0 amide bonds. The minimum Gasteiger partial charge on any atom is -0.374 e. The lowest BCUT2D eigenvalue weighted by atomic mass is 9.86. The molecule has 1 saturated carbocycles. The molecule has 1 aromatic carbocycles. The number of nitrogens with one attached hydrogen (secondary N) is 1. The molecule has 0 saturated heterocycles. The van der Waals surface area contributed by atoms with Crippen LogP contribution < -0.4 is 5.32 Å². The molecule has 1 aliphatic carbocycles. The Balaban J connectivity index is 2.30. The lowest BCUT2D eigenvalue weighted by molar-refractivity contribution is -0.384. The number of benzene rings is 1. The maximum Gasteiger partial charge on any atom is 0.298 e. The number of nitrogens with zero attached hydrogens (tertiary/aromatic N) is 1. The SMILES string of the molecule is CC1CCCCC1Nc1c(F)cc(F)cc1[N+](=O)[O-]. The molecule has 0 radical (unpaired) electrons. The van der Waals surface area contributed by atoms with Gasteiger partial charge in [-0.3, -0.25) is 10.1 Å². The van der Waals surface area contributed by atoms with Gasteiger partial charge in [0.1, 0.15) is 11.5 Å². The summed E-state index contributed by atoms with van der Waals surface area (Å²) in [7, 11) is 0. The highest BCUT2D eigenvalue weighted by Crippen LogP contribution is 2.33. The van der Waals surface area contributed by atoms with Crippen LogP contribution in [0.15, 0.2) is 12.1 Å². The first kappa shape index (κ1) is 13.7. The predicted octanol–water partition coefficient (Wildman–Crippen LogP) is 3.86. The van der Waals surface area contributed by atoms with Crippen molar-refractivity contribution in [2.24, 2.45) is 5.92 Å². The van der Waals surface area contributed by atoms with Crippen LogP contribution in [-0.2, 0) is 0 Å². The summed E-state index contributed by atoms with van der Waals surface area (Å²) < 4.78 is 26.8. The third kappa shape index (κ3) is 3.00. The molecule has 104 valence electrons. The van der Waals surface area contributed by atoms with E-state index in [1.54, 1.807) is 0 Å². The Morgan fingerprint density at radius 3 is 2.63 bits per heavy atom. The molecule has 2 atom stereocenters. The summed E-state index contributed by atoms with van der Waals surface area (Å²) in [5.74, 6) is -1.53. The zero-order valence-electron chi connectivity index (χ0n) is 10.7. The molecular formula is C13H16F2N2O2. The van der Waals surface area contributed by atoms with Gasteiger partial charge >= 0.3 is 0 Å². The standard InChI is InChI=1S/C13H16F2N2O2/c1-8-4-2-3-5-11(8)16-13-10(15)6-9(14)7-12(13)17(18)19/h6-8,11,16H,2-5H2,1H3. The van der Waals surface area contributed by atoms with E-state index >= 15 is 0 Å². The van der Waals surface area contributed by atoms with Crippen molar-refractivity contribution in [2.75, 3.05) is 5.32 Å². The summed E-state index contributed by atoms with van der Waals surface area (Å²) in [6.07, 6.45) is 3.98. The molecule has 0 spiro atoms. The second-order valence-corrected chi connectivity index (χ2v) is 5.05. The molecule has 0 bridgehead atoms. The van der Waals surface area contributed by atoms with Crippen LogP contribution in [0.25, 0.3) is 0 Å². The van der Waals surface area contributed by atoms with Crippen molar-refractivity contribution < 1.29 is 13.7 Å². The second-order valence-electron chi connectivity index (χ2n) is 5.05. The average Bonchev–Trinajstić information content (AvgIpc) is 2.34. The zero-order chi connectivity index (χ0) is 14.0. The number of nitro benzene ring substituents is 1. The van der Waals surface area contributed by atoms with E-state index in [2.05, 4.69) is 5.32 Å². The van der Waals surface area contributed by atoms with Crippen molar-refractivity contribution in [1.82, 2.24) is 0 Å². The van der Waals surface area contributed by atoms with Crippen molar-refractivity contribution in [1.29, 1.82) is 0 Å². The van der Waals surface area contributed by atoms with Gasteiger partial charge in [0.05, 0.1) is 11.0 Å². The van der Waals surface area contributed by atoms with Gasteiger partial charge in [0.2, 0.25) is 0 Å². The second kappa shape index (κ2) is 5.50. The van der Waals surface area contributed by atoms with Gasteiger partial charge in [-0.25, -0.2) is 8.78 Å². The van der Waals surface area contributed by atoms with Gasteiger partial charge in [-0.1, -0.05) is 19.8 Å². The molecule has 0 aliphatic heterocycles. The molecule has 1 aliphatic rings. The lowest BCUT2D eigenvalue weighted by Gasteiger charge is -2.30. The van der Waals surface area contributed by atoms with E-state index in [-0.39, 0.29) is 11.7 Å². The molecule has 6 heteroatoms. The van der Waals surface area contributed by atoms with E-state index in [1.807, 2.05) is 6.92 Å². The maximum absolute atomic E-state index is 13.7. The van der Waals surface area contributed by atoms with E-state index in [4.69, 9.17) is 0 Å². The molecule has 1 aromatic rings. The largest absolute Gasteiger partial charge is 0.374 e. The molecule has 0 aromatic heterocycles. The lowest BCUT2D eigenvalue weighted by Crippen LogP contribution is -2.31. The minimum atomic E-state index is -0.938. The zero-order valence-corrected chi connectivity index (χ0v) is 10.7. The van der Waals surface area contributed by atoms with Crippen LogP contribution in [0.4, 0.5) is 20.2 Å². The summed E-state index contributed by atoms with van der Waals surface area (Å²) in [6.45, 7) is 2.03. The number of hydrogen-bond donors (Lipinski definition) is 1. The number of rotatable bonds is 3. The molecule has 2 unspecified atom stereocenters. The fourth-order valence-electron chi connectivity index (χ4n) is 2.56. The fraction of sp³-hybridized carbons (Fsp3) is 0.538. The first-order valence-electron chi connectivity index (χ1n) is 6.39. The maximum atomic E-state index is 13.7. The number of halogens is 2. The van der Waals surface area contributed by atoms with Crippen LogP contribution in [-0.4, -0.2) is 11.0 Å². The third-order valence-electron chi connectivity index (χ3n) is 3.67. The van der Waals surface area contributed by atoms with Gasteiger partial charge in [0, 0.05) is 12.1 Å². The number of anilines is 1. The number of hydrogen-bond acceptors (Lipinski definition) is 3. The molecule has 2 rings (SSSR count). The third-order valence-corrected chi connectivity index (χ3v) is 3.67. The van der Waals surface area contributed by atoms with E-state index in [0.29, 0.717) is 12.0 Å². The summed E-state index contributed by atoms with van der Waals surface area (Å²) in [5, 5.41) is 13.8. The van der Waals surface area contributed by atoms with Gasteiger partial charge in [-0.05, 0) is 18.8 Å². The Morgan fingerprint density at radius 2 is 2.00 bits per heavy atom. The predicted molar refractivity (Wildman–Crippen MR) is 68.1 cm³/mol. The first-order valence-corrected chi connectivity index (χ1v) is 6.39. The van der Waals surface area contributed by atoms with Crippen LogP contribution in [0.1, 0.15) is 32.6 Å². The summed E-state index contributed by atoms with van der Waals surface area (Å²) in [5.41, 5.74) is -0.750. The van der Waals surface area contributed by atoms with E-state index in [9.17, 15) is 18.9 Å². The average molecular weight is 270 g/mol. The fourth-order valence-corrected chi connectivity index (χ4v) is 2.56. The van der Waals surface area contributed by atoms with Crippen LogP contribution in [0, 0.1) is 27.7 Å². The van der Waals surface area contributed by atoms with Gasteiger partial charge in [0.15, 0.2) is 5.82 Å². The Labute approximate surface area is 110 Å². The van der Waals surface area contributed by atoms with Gasteiger partial charge in [0.25, 0.3) is 5.69 Å². The van der Waals surface area contributed by atoms with Crippen molar-refractivity contribution in [3.05, 3.63) is 33.9 Å². The summed E-state index contributed by atoms with van der Waals surface area (Å²) in [4.78, 5) is 10.1. The highest BCUT2D eigenvalue weighted by atomic mass is 19.1. The monoisotopic (exact) mass is 270 g/mol. The molecule has 4 nitrogen and oxygen atoms in total. The van der Waals surface area contributed by atoms with Crippen LogP contribution >= 0.6 is 0 Å². The van der Waals surface area contributed by atoms with Crippen molar-refractivity contribution in [3.8, 4) is 0 Å². The minimum absolute atomic E-state index is 0.00703. The summed E-state index contributed by atoms with van der Waals surface area (Å²) >= 11 is 0. The van der Waals surface area contributed by atoms with Crippen molar-refractivity contribution >= 4 is 11.4 Å². The Kier molecular flexibility index (Phi) is 3.97. The van der Waals surface area contributed by atoms with E-state index < -0.39 is 22.2 Å². The highest BCUT2D eigenvalue weighted by Gasteiger charge is 2.27. The molecule has 0 heterocycles. The Morgan fingerprint density at radius 1 is 1.32 bits per heavy atom. The van der Waals surface area contributed by atoms with Crippen LogP contribution in [0.3, 0.4) is 0 Å². The van der Waals surface area contributed by atoms with Crippen LogP contribution in [0.2, 0.25) is 0 Å². The van der Waals surface area contributed by atoms with Gasteiger partial charge in [-0.15, -0.1) is 0 Å². The van der Waals surface area contributed by atoms with Crippen molar-refractivity contribution in [2.45, 2.75) is 38.6 Å². The van der Waals surface area contributed by atoms with Gasteiger partial charge < -0.3 is 5.32 Å². The number of nitro groups is 1. The molecule has 1 N–H and O–H groups in total. The highest BCUT2D eigenvalue weighted by molar-refractivity contribution is 5.63. The van der Waals surface area contributed by atoms with E-state index in [0.717, 1.165) is 31.7 Å². The topological polar surface area (TPSA) is 55.2 Å². The van der Waals surface area contributed by atoms with Crippen LogP contribution in [0.5, 0.6) is 0 Å². The van der Waals surface area contributed by atoms with E-state index in [1.165, 1.54) is 0 Å². The normalized spacial score (nSPS) is 23.1.